The Balaban J connectivity index is 2.39. The normalized spacial score (nSPS) is 12.4. The lowest BCUT2D eigenvalue weighted by atomic mass is 9.96. The smallest absolute Gasteiger partial charge is 0.224 e. The van der Waals surface area contributed by atoms with Crippen molar-refractivity contribution in [2.45, 2.75) is 19.3 Å². The third kappa shape index (κ3) is 2.91. The molecule has 0 spiro atoms. The minimum Gasteiger partial charge on any atom is -0.369 e. The predicted molar refractivity (Wildman–Crippen MR) is 75.8 cm³/mol. The van der Waals surface area contributed by atoms with E-state index in [4.69, 9.17) is 28.9 Å². The fourth-order valence-electron chi connectivity index (χ4n) is 1.96. The molecule has 2 N–H and O–H groups in total. The summed E-state index contributed by atoms with van der Waals surface area (Å²) in [6, 6.07) is 5.37. The van der Waals surface area contributed by atoms with Crippen LogP contribution in [0.15, 0.2) is 30.6 Å². The molecule has 1 aromatic carbocycles. The molecule has 100 valence electrons. The van der Waals surface area contributed by atoms with Crippen molar-refractivity contribution >= 4 is 29.1 Å². The van der Waals surface area contributed by atoms with Crippen LogP contribution in [-0.2, 0) is 4.79 Å². The van der Waals surface area contributed by atoms with Gasteiger partial charge in [-0.2, -0.15) is 5.10 Å². The molecule has 19 heavy (non-hydrogen) atoms. The Morgan fingerprint density at radius 2 is 2.21 bits per heavy atom. The SMILES string of the molecule is CCC(C(N)=O)c1ccc(-n2cc(Cl)cn2)c(Cl)c1. The van der Waals surface area contributed by atoms with Crippen LogP contribution < -0.4 is 5.73 Å². The largest absolute Gasteiger partial charge is 0.369 e. The monoisotopic (exact) mass is 297 g/mol. The minimum absolute atomic E-state index is 0.326. The van der Waals surface area contributed by atoms with Gasteiger partial charge in [0.15, 0.2) is 0 Å². The van der Waals surface area contributed by atoms with E-state index >= 15 is 0 Å². The quantitative estimate of drug-likeness (QED) is 0.942. The second-order valence-corrected chi connectivity index (χ2v) is 5.02. The zero-order chi connectivity index (χ0) is 14.0. The van der Waals surface area contributed by atoms with Gasteiger partial charge in [-0.15, -0.1) is 0 Å². The predicted octanol–water partition coefficient (Wildman–Crippen LogP) is 3.16. The van der Waals surface area contributed by atoms with Crippen LogP contribution in [0.3, 0.4) is 0 Å². The molecule has 2 rings (SSSR count). The molecule has 0 aliphatic heterocycles. The van der Waals surface area contributed by atoms with Gasteiger partial charge in [-0.05, 0) is 24.1 Å². The number of carbonyl (C=O) groups is 1. The van der Waals surface area contributed by atoms with Gasteiger partial charge in [-0.1, -0.05) is 36.2 Å². The van der Waals surface area contributed by atoms with E-state index in [1.54, 1.807) is 23.0 Å². The molecule has 0 aliphatic carbocycles. The number of rotatable bonds is 4. The average molecular weight is 298 g/mol. The van der Waals surface area contributed by atoms with Crippen LogP contribution in [0, 0.1) is 0 Å². The van der Waals surface area contributed by atoms with Crippen molar-refractivity contribution in [2.75, 3.05) is 0 Å². The van der Waals surface area contributed by atoms with E-state index in [1.807, 2.05) is 13.0 Å². The fourth-order valence-corrected chi connectivity index (χ4v) is 2.37. The highest BCUT2D eigenvalue weighted by atomic mass is 35.5. The molecule has 0 fully saturated rings. The fraction of sp³-hybridized carbons (Fsp3) is 0.231. The van der Waals surface area contributed by atoms with E-state index in [2.05, 4.69) is 5.10 Å². The Kier molecular flexibility index (Phi) is 4.12. The first-order chi connectivity index (χ1) is 9.02. The van der Waals surface area contributed by atoms with Crippen LogP contribution in [0.4, 0.5) is 0 Å². The lowest BCUT2D eigenvalue weighted by Gasteiger charge is -2.13. The second-order valence-electron chi connectivity index (χ2n) is 4.18. The average Bonchev–Trinajstić information content (AvgIpc) is 2.76. The highest BCUT2D eigenvalue weighted by Crippen LogP contribution is 2.27. The summed E-state index contributed by atoms with van der Waals surface area (Å²) in [4.78, 5) is 11.3. The van der Waals surface area contributed by atoms with Crippen LogP contribution in [0.5, 0.6) is 0 Å². The van der Waals surface area contributed by atoms with E-state index in [9.17, 15) is 4.79 Å². The van der Waals surface area contributed by atoms with Gasteiger partial charge in [0.05, 0.1) is 27.8 Å². The summed E-state index contributed by atoms with van der Waals surface area (Å²) in [5, 5.41) is 5.11. The van der Waals surface area contributed by atoms with Crippen LogP contribution in [0.25, 0.3) is 5.69 Å². The van der Waals surface area contributed by atoms with Crippen molar-refractivity contribution in [2.24, 2.45) is 5.73 Å². The van der Waals surface area contributed by atoms with Crippen molar-refractivity contribution in [1.82, 2.24) is 9.78 Å². The third-order valence-corrected chi connectivity index (χ3v) is 3.42. The first-order valence-electron chi connectivity index (χ1n) is 5.82. The van der Waals surface area contributed by atoms with Crippen LogP contribution in [0.1, 0.15) is 24.8 Å². The Bertz CT molecular complexity index is 610. The number of halogens is 2. The molecular weight excluding hydrogens is 285 g/mol. The van der Waals surface area contributed by atoms with Gasteiger partial charge < -0.3 is 5.73 Å². The van der Waals surface area contributed by atoms with E-state index in [0.29, 0.717) is 22.2 Å². The lowest BCUT2D eigenvalue weighted by molar-refractivity contribution is -0.119. The van der Waals surface area contributed by atoms with Crippen LogP contribution in [0.2, 0.25) is 10.0 Å². The third-order valence-electron chi connectivity index (χ3n) is 2.92. The number of hydrogen-bond donors (Lipinski definition) is 1. The first kappa shape index (κ1) is 13.9. The number of primary amides is 1. The molecule has 0 saturated carbocycles. The zero-order valence-corrected chi connectivity index (χ0v) is 11.8. The second kappa shape index (κ2) is 5.63. The number of benzene rings is 1. The zero-order valence-electron chi connectivity index (χ0n) is 10.3. The van der Waals surface area contributed by atoms with Gasteiger partial charge in [0.1, 0.15) is 0 Å². The Morgan fingerprint density at radius 1 is 1.47 bits per heavy atom. The maximum atomic E-state index is 11.3. The van der Waals surface area contributed by atoms with Gasteiger partial charge in [-0.3, -0.25) is 4.79 Å². The van der Waals surface area contributed by atoms with Crippen molar-refractivity contribution in [1.29, 1.82) is 0 Å². The summed E-state index contributed by atoms with van der Waals surface area (Å²) in [7, 11) is 0. The summed E-state index contributed by atoms with van der Waals surface area (Å²) in [5.74, 6) is -0.679. The van der Waals surface area contributed by atoms with Crippen molar-refractivity contribution in [3.8, 4) is 5.69 Å². The molecule has 2 aromatic rings. The molecule has 4 nitrogen and oxygen atoms in total. The molecule has 0 saturated heterocycles. The molecule has 0 radical (unpaired) electrons. The first-order valence-corrected chi connectivity index (χ1v) is 6.57. The van der Waals surface area contributed by atoms with E-state index in [0.717, 1.165) is 5.56 Å². The molecule has 1 atom stereocenters. The van der Waals surface area contributed by atoms with Crippen molar-refractivity contribution in [3.05, 3.63) is 46.2 Å². The topological polar surface area (TPSA) is 60.9 Å². The summed E-state index contributed by atoms with van der Waals surface area (Å²) in [5.41, 5.74) is 6.88. The Morgan fingerprint density at radius 3 is 2.68 bits per heavy atom. The summed E-state index contributed by atoms with van der Waals surface area (Å²) >= 11 is 12.0. The molecule has 1 unspecified atom stereocenters. The van der Waals surface area contributed by atoms with Gasteiger partial charge in [0.25, 0.3) is 0 Å². The molecule has 1 aromatic heterocycles. The van der Waals surface area contributed by atoms with Crippen LogP contribution in [-0.4, -0.2) is 15.7 Å². The van der Waals surface area contributed by atoms with Crippen molar-refractivity contribution in [3.63, 3.8) is 0 Å². The molecule has 0 aliphatic rings. The maximum absolute atomic E-state index is 11.3. The maximum Gasteiger partial charge on any atom is 0.224 e. The van der Waals surface area contributed by atoms with Crippen molar-refractivity contribution < 1.29 is 4.79 Å². The molecule has 6 heteroatoms. The highest BCUT2D eigenvalue weighted by Gasteiger charge is 2.17. The molecule has 0 bridgehead atoms. The van der Waals surface area contributed by atoms with Gasteiger partial charge in [0, 0.05) is 6.20 Å². The number of hydrogen-bond acceptors (Lipinski definition) is 2. The van der Waals surface area contributed by atoms with Gasteiger partial charge in [0.2, 0.25) is 5.91 Å². The van der Waals surface area contributed by atoms with E-state index < -0.39 is 0 Å². The molecule has 1 heterocycles. The molecule has 1 amide bonds. The lowest BCUT2D eigenvalue weighted by Crippen LogP contribution is -2.20. The Hall–Kier alpha value is -1.52. The van der Waals surface area contributed by atoms with Gasteiger partial charge >= 0.3 is 0 Å². The standard InChI is InChI=1S/C13H13Cl2N3O/c1-2-10(13(16)19)8-3-4-12(11(15)5-8)18-7-9(14)6-17-18/h3-7,10H,2H2,1H3,(H2,16,19). The number of nitrogens with zero attached hydrogens (tertiary/aromatic N) is 2. The minimum atomic E-state index is -0.353. The summed E-state index contributed by atoms with van der Waals surface area (Å²) in [6.45, 7) is 1.91. The summed E-state index contributed by atoms with van der Waals surface area (Å²) in [6.07, 6.45) is 3.83. The Labute approximate surface area is 121 Å². The number of carbonyl (C=O) groups excluding carboxylic acids is 1. The number of nitrogens with two attached hydrogens (primary N) is 1. The van der Waals surface area contributed by atoms with E-state index in [1.165, 1.54) is 6.20 Å². The van der Waals surface area contributed by atoms with Crippen LogP contribution >= 0.6 is 23.2 Å². The molecular formula is C13H13Cl2N3O. The van der Waals surface area contributed by atoms with E-state index in [-0.39, 0.29) is 11.8 Å². The number of amides is 1. The summed E-state index contributed by atoms with van der Waals surface area (Å²) < 4.78 is 1.58. The highest BCUT2D eigenvalue weighted by molar-refractivity contribution is 6.32. The van der Waals surface area contributed by atoms with Gasteiger partial charge in [-0.25, -0.2) is 4.68 Å². The number of aromatic nitrogens is 2.